The molecule has 13 heavy (non-hydrogen) atoms. The summed E-state index contributed by atoms with van der Waals surface area (Å²) in [5, 5.41) is 16.8. The monoisotopic (exact) mass is 206 g/mol. The summed E-state index contributed by atoms with van der Waals surface area (Å²) in [7, 11) is 0. The van der Waals surface area contributed by atoms with Crippen molar-refractivity contribution in [1.29, 1.82) is 0 Å². The highest BCUT2D eigenvalue weighted by atomic mass is 35.5. The second-order valence-electron chi connectivity index (χ2n) is 3.31. The molecule has 3 atom stereocenters. The molecule has 1 aliphatic rings. The van der Waals surface area contributed by atoms with Gasteiger partial charge in [0.25, 0.3) is 0 Å². The molecule has 0 spiro atoms. The van der Waals surface area contributed by atoms with E-state index in [0.717, 1.165) is 0 Å². The van der Waals surface area contributed by atoms with E-state index in [0.29, 0.717) is 12.8 Å². The van der Waals surface area contributed by atoms with Crippen molar-refractivity contribution in [1.82, 2.24) is 0 Å². The molecule has 1 aliphatic carbocycles. The summed E-state index contributed by atoms with van der Waals surface area (Å²) in [5.41, 5.74) is 0. The fourth-order valence-electron chi connectivity index (χ4n) is 1.62. The Morgan fingerprint density at radius 1 is 1.15 bits per heavy atom. The van der Waals surface area contributed by atoms with Gasteiger partial charge in [0, 0.05) is 5.38 Å². The molecule has 4 nitrogen and oxygen atoms in total. The summed E-state index contributed by atoms with van der Waals surface area (Å²) in [4.78, 5) is 21.2. The van der Waals surface area contributed by atoms with Crippen molar-refractivity contribution < 1.29 is 19.8 Å². The first-order valence-corrected chi connectivity index (χ1v) is 4.55. The topological polar surface area (TPSA) is 74.6 Å². The van der Waals surface area contributed by atoms with Gasteiger partial charge < -0.3 is 10.2 Å². The van der Waals surface area contributed by atoms with Gasteiger partial charge in [-0.1, -0.05) is 0 Å². The van der Waals surface area contributed by atoms with Crippen LogP contribution in [0.25, 0.3) is 0 Å². The number of halogens is 1. The maximum absolute atomic E-state index is 10.6. The van der Waals surface area contributed by atoms with Gasteiger partial charge in [-0.15, -0.1) is 11.6 Å². The molecule has 0 aromatic heterocycles. The van der Waals surface area contributed by atoms with E-state index in [1.165, 1.54) is 0 Å². The smallest absolute Gasteiger partial charge is 0.307 e. The second-order valence-corrected chi connectivity index (χ2v) is 3.87. The largest absolute Gasteiger partial charge is 0.481 e. The Morgan fingerprint density at radius 2 is 1.77 bits per heavy atom. The van der Waals surface area contributed by atoms with Gasteiger partial charge in [-0.2, -0.15) is 0 Å². The van der Waals surface area contributed by atoms with Crippen LogP contribution in [-0.4, -0.2) is 27.5 Å². The highest BCUT2D eigenvalue weighted by Crippen LogP contribution is 2.32. The molecular weight excluding hydrogens is 196 g/mol. The third-order valence-corrected chi connectivity index (χ3v) is 2.92. The predicted octanol–water partition coefficient (Wildman–Crippen LogP) is 1.18. The fourth-order valence-corrected chi connectivity index (χ4v) is 2.07. The van der Waals surface area contributed by atoms with Crippen LogP contribution < -0.4 is 0 Å². The summed E-state index contributed by atoms with van der Waals surface area (Å²) in [6.45, 7) is 0. The molecule has 0 saturated heterocycles. The van der Waals surface area contributed by atoms with Crippen molar-refractivity contribution >= 4 is 23.5 Å². The number of aliphatic carboxylic acids is 2. The van der Waals surface area contributed by atoms with Crippen LogP contribution >= 0.6 is 11.6 Å². The Morgan fingerprint density at radius 3 is 2.15 bits per heavy atom. The lowest BCUT2D eigenvalue weighted by molar-refractivity contribution is -0.148. The van der Waals surface area contributed by atoms with E-state index < -0.39 is 29.2 Å². The van der Waals surface area contributed by atoms with Crippen molar-refractivity contribution in [3.05, 3.63) is 0 Å². The van der Waals surface area contributed by atoms with Crippen LogP contribution in [0.2, 0.25) is 0 Å². The highest BCUT2D eigenvalue weighted by molar-refractivity contribution is 6.22. The van der Waals surface area contributed by atoms with Crippen LogP contribution in [-0.2, 0) is 9.59 Å². The minimum atomic E-state index is -0.927. The lowest BCUT2D eigenvalue weighted by Gasteiger charge is -2.27. The van der Waals surface area contributed by atoms with Gasteiger partial charge in [-0.25, -0.2) is 0 Å². The molecule has 2 N–H and O–H groups in total. The van der Waals surface area contributed by atoms with Gasteiger partial charge >= 0.3 is 11.9 Å². The first-order valence-electron chi connectivity index (χ1n) is 4.12. The number of carboxylic acids is 2. The van der Waals surface area contributed by atoms with Crippen LogP contribution in [0.15, 0.2) is 0 Å². The Hall–Kier alpha value is -0.770. The summed E-state index contributed by atoms with van der Waals surface area (Å²) in [6, 6.07) is 0. The van der Waals surface area contributed by atoms with Crippen LogP contribution in [0.3, 0.4) is 0 Å². The van der Waals surface area contributed by atoms with Gasteiger partial charge in [0.1, 0.15) is 0 Å². The molecule has 0 amide bonds. The molecule has 3 unspecified atom stereocenters. The number of rotatable bonds is 2. The second kappa shape index (κ2) is 3.96. The molecule has 1 rings (SSSR count). The van der Waals surface area contributed by atoms with Crippen molar-refractivity contribution in [2.75, 3.05) is 0 Å². The van der Waals surface area contributed by atoms with Crippen molar-refractivity contribution in [2.45, 2.75) is 24.6 Å². The standard InChI is InChI=1S/C8H11ClO4/c9-6-3-4(7(10)11)1-2-5(6)8(12)13/h4-6H,1-3H2,(H,10,11)(H,12,13). The van der Waals surface area contributed by atoms with Gasteiger partial charge in [-0.05, 0) is 19.3 Å². The third-order valence-electron chi connectivity index (χ3n) is 2.44. The van der Waals surface area contributed by atoms with E-state index in [4.69, 9.17) is 21.8 Å². The van der Waals surface area contributed by atoms with E-state index >= 15 is 0 Å². The molecule has 5 heteroatoms. The molecule has 1 saturated carbocycles. The van der Waals surface area contributed by atoms with Crippen molar-refractivity contribution in [3.8, 4) is 0 Å². The summed E-state index contributed by atoms with van der Waals surface area (Å²) in [6.07, 6.45) is 1.03. The SMILES string of the molecule is O=C(O)C1CCC(C(=O)O)C(Cl)C1. The Labute approximate surface area is 80.5 Å². The maximum Gasteiger partial charge on any atom is 0.307 e. The lowest BCUT2D eigenvalue weighted by atomic mass is 9.82. The van der Waals surface area contributed by atoms with Gasteiger partial charge in [0.2, 0.25) is 0 Å². The van der Waals surface area contributed by atoms with E-state index in [9.17, 15) is 9.59 Å². The average molecular weight is 207 g/mol. The summed E-state index contributed by atoms with van der Waals surface area (Å²) in [5.74, 6) is -2.87. The predicted molar refractivity (Wildman–Crippen MR) is 45.7 cm³/mol. The van der Waals surface area contributed by atoms with Crippen LogP contribution in [0, 0.1) is 11.8 Å². The molecule has 1 fully saturated rings. The first-order chi connectivity index (χ1) is 6.02. The number of hydrogen-bond donors (Lipinski definition) is 2. The first kappa shape index (κ1) is 10.3. The molecular formula is C8H11ClO4. The normalized spacial score (nSPS) is 34.1. The van der Waals surface area contributed by atoms with E-state index in [2.05, 4.69) is 0 Å². The van der Waals surface area contributed by atoms with Crippen LogP contribution in [0.5, 0.6) is 0 Å². The molecule has 74 valence electrons. The molecule has 0 aromatic carbocycles. The number of alkyl halides is 1. The van der Waals surface area contributed by atoms with Gasteiger partial charge in [-0.3, -0.25) is 9.59 Å². The maximum atomic E-state index is 10.6. The zero-order chi connectivity index (χ0) is 10.0. The van der Waals surface area contributed by atoms with E-state index in [1.807, 2.05) is 0 Å². The molecule has 0 aliphatic heterocycles. The fraction of sp³-hybridized carbons (Fsp3) is 0.750. The highest BCUT2D eigenvalue weighted by Gasteiger charge is 2.36. The zero-order valence-electron chi connectivity index (χ0n) is 6.94. The third kappa shape index (κ3) is 2.34. The zero-order valence-corrected chi connectivity index (χ0v) is 7.70. The average Bonchev–Trinajstić information content (AvgIpc) is 2.03. The minimum Gasteiger partial charge on any atom is -0.481 e. The Kier molecular flexibility index (Phi) is 3.14. The van der Waals surface area contributed by atoms with Gasteiger partial charge in [0.15, 0.2) is 0 Å². The van der Waals surface area contributed by atoms with E-state index in [-0.39, 0.29) is 6.42 Å². The molecule has 0 bridgehead atoms. The number of carbonyl (C=O) groups is 2. The molecule has 0 radical (unpaired) electrons. The van der Waals surface area contributed by atoms with Crippen molar-refractivity contribution in [3.63, 3.8) is 0 Å². The number of carboxylic acid groups (broad SMARTS) is 2. The molecule has 0 aromatic rings. The quantitative estimate of drug-likeness (QED) is 0.666. The summed E-state index contributed by atoms with van der Waals surface area (Å²) >= 11 is 5.77. The molecule has 0 heterocycles. The van der Waals surface area contributed by atoms with Gasteiger partial charge in [0.05, 0.1) is 11.8 Å². The van der Waals surface area contributed by atoms with Crippen LogP contribution in [0.1, 0.15) is 19.3 Å². The Balaban J connectivity index is 2.56. The van der Waals surface area contributed by atoms with Crippen LogP contribution in [0.4, 0.5) is 0 Å². The van der Waals surface area contributed by atoms with Crippen molar-refractivity contribution in [2.24, 2.45) is 11.8 Å². The number of hydrogen-bond acceptors (Lipinski definition) is 2. The minimum absolute atomic E-state index is 0.258. The van der Waals surface area contributed by atoms with E-state index in [1.54, 1.807) is 0 Å². The summed E-state index contributed by atoms with van der Waals surface area (Å²) < 4.78 is 0. The Bertz CT molecular complexity index is 228. The lowest BCUT2D eigenvalue weighted by Crippen LogP contribution is -2.34.